The van der Waals surface area contributed by atoms with Crippen molar-refractivity contribution in [2.24, 2.45) is 23.7 Å². The van der Waals surface area contributed by atoms with Crippen LogP contribution in [0.5, 0.6) is 0 Å². The minimum atomic E-state index is -0.280. The van der Waals surface area contributed by atoms with Crippen LogP contribution in [0.3, 0.4) is 0 Å². The second-order valence-electron chi connectivity index (χ2n) is 6.12. The van der Waals surface area contributed by atoms with Gasteiger partial charge in [0.25, 0.3) is 0 Å². The van der Waals surface area contributed by atoms with Gasteiger partial charge in [0.1, 0.15) is 24.3 Å². The average Bonchev–Trinajstić information content (AvgIpc) is 3.18. The van der Waals surface area contributed by atoms with Crippen molar-refractivity contribution in [2.45, 2.75) is 25.0 Å². The first-order valence-corrected chi connectivity index (χ1v) is 7.30. The molecule has 0 radical (unpaired) electrons. The van der Waals surface area contributed by atoms with E-state index in [0.717, 1.165) is 18.3 Å². The number of benzene rings is 1. The van der Waals surface area contributed by atoms with E-state index in [1.807, 2.05) is 30.3 Å². The summed E-state index contributed by atoms with van der Waals surface area (Å²) in [6.45, 7) is 0. The Morgan fingerprint density at radius 2 is 1.86 bits per heavy atom. The predicted molar refractivity (Wildman–Crippen MR) is 70.6 cm³/mol. The molecule has 3 aliphatic rings. The molecular weight excluding hydrogens is 272 g/mol. The summed E-state index contributed by atoms with van der Waals surface area (Å²) in [6.07, 6.45) is 1.66. The molecule has 110 valence electrons. The summed E-state index contributed by atoms with van der Waals surface area (Å²) in [6, 6.07) is 9.62. The maximum Gasteiger partial charge on any atom is 0.141 e. The van der Waals surface area contributed by atoms with Crippen LogP contribution >= 0.6 is 0 Å². The largest absolute Gasteiger partial charge is 0.303 e. The molecule has 1 aliphatic heterocycles. The summed E-state index contributed by atoms with van der Waals surface area (Å²) in [4.78, 5) is 34.4. The van der Waals surface area contributed by atoms with E-state index in [0.29, 0.717) is 6.42 Å². The number of fused-ring (bicyclic) bond motifs is 5. The van der Waals surface area contributed by atoms with Gasteiger partial charge in [0, 0.05) is 30.1 Å². The lowest BCUT2D eigenvalue weighted by molar-refractivity contribution is -0.470. The standard InChI is InChI=1S/C16H16O5/c17-8-12-10-7-11(16-15(10)19-21-20-16)14(12)13(18)6-9-4-2-1-3-5-9/h1-5,8,10-12,14-16H,6-7H2/t10-,11+,12-,14+,15-,16+/m1/s1. The van der Waals surface area contributed by atoms with Crippen molar-refractivity contribution in [3.8, 4) is 0 Å². The lowest BCUT2D eigenvalue weighted by Crippen LogP contribution is -2.44. The third kappa shape index (κ3) is 1.96. The van der Waals surface area contributed by atoms with E-state index in [2.05, 4.69) is 5.04 Å². The molecule has 1 heterocycles. The minimum Gasteiger partial charge on any atom is -0.303 e. The minimum absolute atomic E-state index is 0.0221. The van der Waals surface area contributed by atoms with E-state index in [4.69, 9.17) is 9.78 Å². The number of carbonyl (C=O) groups excluding carboxylic acids is 2. The highest BCUT2D eigenvalue weighted by Crippen LogP contribution is 2.56. The van der Waals surface area contributed by atoms with Crippen LogP contribution in [0.1, 0.15) is 12.0 Å². The number of aldehydes is 1. The molecule has 0 spiro atoms. The van der Waals surface area contributed by atoms with E-state index in [9.17, 15) is 9.59 Å². The quantitative estimate of drug-likeness (QED) is 0.621. The van der Waals surface area contributed by atoms with E-state index in [1.54, 1.807) is 0 Å². The number of hydrogen-bond donors (Lipinski definition) is 0. The zero-order valence-corrected chi connectivity index (χ0v) is 11.4. The maximum atomic E-state index is 12.7. The number of Topliss-reactive ketones (excluding diaryl/α,β-unsaturated/α-hetero) is 1. The monoisotopic (exact) mass is 288 g/mol. The van der Waals surface area contributed by atoms with E-state index >= 15 is 0 Å². The van der Waals surface area contributed by atoms with Gasteiger partial charge in [0.05, 0.1) is 0 Å². The molecule has 2 aliphatic carbocycles. The summed E-state index contributed by atoms with van der Waals surface area (Å²) in [7, 11) is 0. The molecule has 5 nitrogen and oxygen atoms in total. The van der Waals surface area contributed by atoms with Crippen molar-refractivity contribution in [3.05, 3.63) is 35.9 Å². The Labute approximate surface area is 122 Å². The van der Waals surface area contributed by atoms with Crippen LogP contribution in [0.4, 0.5) is 0 Å². The Balaban J connectivity index is 1.56. The lowest BCUT2D eigenvalue weighted by Gasteiger charge is -2.30. The summed E-state index contributed by atoms with van der Waals surface area (Å²) < 4.78 is 0. The van der Waals surface area contributed by atoms with Crippen molar-refractivity contribution in [2.75, 3.05) is 0 Å². The van der Waals surface area contributed by atoms with Crippen molar-refractivity contribution in [1.82, 2.24) is 0 Å². The van der Waals surface area contributed by atoms with Crippen LogP contribution in [-0.4, -0.2) is 24.3 Å². The van der Waals surface area contributed by atoms with Crippen LogP contribution in [0.2, 0.25) is 0 Å². The fourth-order valence-electron chi connectivity index (χ4n) is 4.27. The van der Waals surface area contributed by atoms with E-state index in [-0.39, 0.29) is 41.7 Å². The molecule has 5 heteroatoms. The Morgan fingerprint density at radius 1 is 1.14 bits per heavy atom. The molecule has 6 atom stereocenters. The zero-order chi connectivity index (χ0) is 14.4. The first-order chi connectivity index (χ1) is 10.3. The van der Waals surface area contributed by atoms with Crippen LogP contribution in [0.15, 0.2) is 30.3 Å². The van der Waals surface area contributed by atoms with Gasteiger partial charge in [0.2, 0.25) is 0 Å². The number of rotatable bonds is 4. The second kappa shape index (κ2) is 5.02. The summed E-state index contributed by atoms with van der Waals surface area (Å²) in [5.41, 5.74) is 0.978. The molecule has 0 unspecified atom stereocenters. The van der Waals surface area contributed by atoms with Gasteiger partial charge in [0.15, 0.2) is 0 Å². The van der Waals surface area contributed by atoms with Gasteiger partial charge < -0.3 is 4.79 Å². The fraction of sp³-hybridized carbons (Fsp3) is 0.500. The second-order valence-corrected chi connectivity index (χ2v) is 6.12. The number of hydrogen-bond acceptors (Lipinski definition) is 5. The number of carbonyl (C=O) groups is 2. The van der Waals surface area contributed by atoms with Crippen molar-refractivity contribution in [3.63, 3.8) is 0 Å². The average molecular weight is 288 g/mol. The van der Waals surface area contributed by atoms with Crippen LogP contribution in [0, 0.1) is 23.7 Å². The molecular formula is C16H16O5. The molecule has 4 rings (SSSR count). The molecule has 0 amide bonds. The highest BCUT2D eigenvalue weighted by molar-refractivity contribution is 5.87. The smallest absolute Gasteiger partial charge is 0.141 e. The van der Waals surface area contributed by atoms with Crippen LogP contribution < -0.4 is 0 Å². The Kier molecular flexibility index (Phi) is 3.14. The van der Waals surface area contributed by atoms with E-state index in [1.165, 1.54) is 0 Å². The first kappa shape index (κ1) is 13.1. The normalized spacial score (nSPS) is 40.2. The topological polar surface area (TPSA) is 61.8 Å². The van der Waals surface area contributed by atoms with Crippen molar-refractivity contribution in [1.29, 1.82) is 0 Å². The highest BCUT2D eigenvalue weighted by atomic mass is 17.5. The van der Waals surface area contributed by atoms with Crippen LogP contribution in [0.25, 0.3) is 0 Å². The van der Waals surface area contributed by atoms with Gasteiger partial charge in [-0.05, 0) is 12.0 Å². The molecule has 0 N–H and O–H groups in total. The molecule has 2 saturated carbocycles. The molecule has 21 heavy (non-hydrogen) atoms. The Morgan fingerprint density at radius 3 is 2.57 bits per heavy atom. The molecule has 1 aromatic rings. The van der Waals surface area contributed by atoms with Gasteiger partial charge in [-0.1, -0.05) is 35.4 Å². The Bertz CT molecular complexity index is 557. The summed E-state index contributed by atoms with van der Waals surface area (Å²) in [5.74, 6) is -0.393. The van der Waals surface area contributed by atoms with Gasteiger partial charge in [-0.3, -0.25) is 4.79 Å². The third-order valence-electron chi connectivity index (χ3n) is 5.13. The van der Waals surface area contributed by atoms with Gasteiger partial charge >= 0.3 is 0 Å². The fourth-order valence-corrected chi connectivity index (χ4v) is 4.27. The highest BCUT2D eigenvalue weighted by Gasteiger charge is 2.64. The predicted octanol–water partition coefficient (Wildman–Crippen LogP) is 1.51. The van der Waals surface area contributed by atoms with Crippen molar-refractivity contribution >= 4 is 12.1 Å². The number of ketones is 1. The van der Waals surface area contributed by atoms with Gasteiger partial charge in [-0.25, -0.2) is 0 Å². The molecule has 3 fully saturated rings. The molecule has 0 aromatic heterocycles. The SMILES string of the molecule is O=C[C@@H]1[C@H]2C[C@H]([C@@H]3OOO[C@H]23)[C@@H]1C(=O)Cc1ccccc1. The first-order valence-electron chi connectivity index (χ1n) is 7.30. The van der Waals surface area contributed by atoms with E-state index < -0.39 is 0 Å². The van der Waals surface area contributed by atoms with Crippen LogP contribution in [-0.2, 0) is 30.8 Å². The lowest BCUT2D eigenvalue weighted by atomic mass is 9.74. The summed E-state index contributed by atoms with van der Waals surface area (Å²) in [5, 5.41) is 4.60. The molecule has 2 bridgehead atoms. The molecule has 1 aromatic carbocycles. The van der Waals surface area contributed by atoms with Gasteiger partial charge in [-0.15, -0.1) is 0 Å². The zero-order valence-electron chi connectivity index (χ0n) is 11.4. The summed E-state index contributed by atoms with van der Waals surface area (Å²) >= 11 is 0. The van der Waals surface area contributed by atoms with Gasteiger partial charge in [-0.2, -0.15) is 9.78 Å². The Hall–Kier alpha value is -1.56. The third-order valence-corrected chi connectivity index (χ3v) is 5.13. The maximum absolute atomic E-state index is 12.7. The molecule has 1 saturated heterocycles. The van der Waals surface area contributed by atoms with Crippen molar-refractivity contribution < 1.29 is 24.4 Å².